The summed E-state index contributed by atoms with van der Waals surface area (Å²) in [6.07, 6.45) is 0.244. The van der Waals surface area contributed by atoms with Gasteiger partial charge in [-0.3, -0.25) is 0 Å². The summed E-state index contributed by atoms with van der Waals surface area (Å²) in [7, 11) is 0.774. The first-order valence-corrected chi connectivity index (χ1v) is 7.19. The average molecular weight is 332 g/mol. The molecule has 0 N–H and O–H groups in total. The van der Waals surface area contributed by atoms with Gasteiger partial charge >= 0.3 is 0 Å². The van der Waals surface area contributed by atoms with E-state index in [2.05, 4.69) is 68.5 Å². The number of alkyl halides is 1. The highest BCUT2D eigenvalue weighted by molar-refractivity contribution is 14.1. The van der Waals surface area contributed by atoms with Crippen molar-refractivity contribution >= 4 is 37.3 Å². The highest BCUT2D eigenvalue weighted by Crippen LogP contribution is 2.17. The van der Waals surface area contributed by atoms with Crippen molar-refractivity contribution in [3.05, 3.63) is 24.3 Å². The maximum absolute atomic E-state index is 5.79. The highest BCUT2D eigenvalue weighted by Gasteiger charge is 2.17. The normalized spacial score (nSPS) is 11.9. The molecule has 0 heterocycles. The quantitative estimate of drug-likeness (QED) is 0.468. The van der Waals surface area contributed by atoms with Gasteiger partial charge in [-0.1, -0.05) is 54.6 Å². The van der Waals surface area contributed by atoms with Crippen LogP contribution in [-0.4, -0.2) is 18.7 Å². The standard InChI is InChI=1S/C12H17IOSi/c1-9(2)14-10-7-5-6-8-11(10)15-12(3,4)13/h5-9H,1-4H3. The van der Waals surface area contributed by atoms with E-state index in [4.69, 9.17) is 4.74 Å². The van der Waals surface area contributed by atoms with Gasteiger partial charge in [0.15, 0.2) is 0 Å². The molecule has 0 saturated heterocycles. The Morgan fingerprint density at radius 1 is 1.27 bits per heavy atom. The number of hydrogen-bond acceptors (Lipinski definition) is 1. The van der Waals surface area contributed by atoms with Crippen molar-refractivity contribution in [2.75, 3.05) is 0 Å². The molecule has 0 fully saturated rings. The molecule has 0 unspecified atom stereocenters. The van der Waals surface area contributed by atoms with Crippen LogP contribution in [0.2, 0.25) is 0 Å². The Hall–Kier alpha value is -0.0331. The molecule has 1 rings (SSSR count). The van der Waals surface area contributed by atoms with Crippen molar-refractivity contribution in [1.82, 2.24) is 0 Å². The van der Waals surface area contributed by atoms with Gasteiger partial charge in [-0.25, -0.2) is 0 Å². The van der Waals surface area contributed by atoms with Crippen LogP contribution >= 0.6 is 22.6 Å². The Kier molecular flexibility index (Phi) is 4.64. The summed E-state index contributed by atoms with van der Waals surface area (Å²) in [6.45, 7) is 8.63. The second-order valence-electron chi connectivity index (χ2n) is 4.26. The molecule has 0 saturated carbocycles. The number of rotatable bonds is 4. The van der Waals surface area contributed by atoms with Crippen molar-refractivity contribution in [3.8, 4) is 5.75 Å². The van der Waals surface area contributed by atoms with E-state index in [9.17, 15) is 0 Å². The Morgan fingerprint density at radius 3 is 2.40 bits per heavy atom. The first-order chi connectivity index (χ1) is 6.88. The zero-order valence-corrected chi connectivity index (χ0v) is 12.8. The van der Waals surface area contributed by atoms with Crippen LogP contribution in [0.25, 0.3) is 0 Å². The van der Waals surface area contributed by atoms with E-state index in [1.165, 1.54) is 5.19 Å². The van der Waals surface area contributed by atoms with Crippen LogP contribution in [0.4, 0.5) is 0 Å². The molecule has 3 heteroatoms. The van der Waals surface area contributed by atoms with Crippen molar-refractivity contribution in [2.24, 2.45) is 0 Å². The van der Waals surface area contributed by atoms with Gasteiger partial charge in [0, 0.05) is 3.04 Å². The number of benzene rings is 1. The SMILES string of the molecule is CC(C)Oc1ccccc1[Si]C(C)(C)I. The molecule has 82 valence electrons. The van der Waals surface area contributed by atoms with Gasteiger partial charge in [0.25, 0.3) is 0 Å². The fourth-order valence-electron chi connectivity index (χ4n) is 1.25. The van der Waals surface area contributed by atoms with E-state index in [1.54, 1.807) is 0 Å². The Bertz CT molecular complexity index is 318. The molecule has 1 aromatic rings. The summed E-state index contributed by atoms with van der Waals surface area (Å²) < 4.78 is 6.09. The molecule has 0 spiro atoms. The van der Waals surface area contributed by atoms with E-state index in [0.29, 0.717) is 3.04 Å². The molecule has 0 aliphatic carbocycles. The second kappa shape index (κ2) is 5.34. The first-order valence-electron chi connectivity index (χ1n) is 5.11. The molecular weight excluding hydrogens is 315 g/mol. The molecule has 0 aromatic heterocycles. The molecule has 0 amide bonds. The minimum atomic E-state index is 0.244. The first kappa shape index (κ1) is 13.0. The van der Waals surface area contributed by atoms with Crippen molar-refractivity contribution < 1.29 is 4.74 Å². The number of ether oxygens (including phenoxy) is 1. The van der Waals surface area contributed by atoms with Crippen LogP contribution < -0.4 is 9.92 Å². The van der Waals surface area contributed by atoms with E-state index >= 15 is 0 Å². The monoisotopic (exact) mass is 332 g/mol. The van der Waals surface area contributed by atoms with Crippen LogP contribution in [-0.2, 0) is 0 Å². The molecule has 15 heavy (non-hydrogen) atoms. The molecule has 0 bridgehead atoms. The van der Waals surface area contributed by atoms with Crippen LogP contribution in [0.3, 0.4) is 0 Å². The molecule has 0 aliphatic rings. The van der Waals surface area contributed by atoms with E-state index in [1.807, 2.05) is 6.07 Å². The zero-order valence-electron chi connectivity index (χ0n) is 9.67. The molecule has 0 aliphatic heterocycles. The fourth-order valence-corrected chi connectivity index (χ4v) is 3.20. The smallest absolute Gasteiger partial charge is 0.118 e. The van der Waals surface area contributed by atoms with Crippen LogP contribution in [0, 0.1) is 0 Å². The third kappa shape index (κ3) is 5.02. The molecule has 1 nitrogen and oxygen atoms in total. The minimum Gasteiger partial charge on any atom is -0.491 e. The molecule has 2 radical (unpaired) electrons. The summed E-state index contributed by atoms with van der Waals surface area (Å²) in [5, 5.41) is 1.32. The lowest BCUT2D eigenvalue weighted by atomic mass is 10.3. The summed E-state index contributed by atoms with van der Waals surface area (Å²) in [5.74, 6) is 1.04. The van der Waals surface area contributed by atoms with Gasteiger partial charge in [0.1, 0.15) is 15.3 Å². The highest BCUT2D eigenvalue weighted by atomic mass is 127. The summed E-state index contributed by atoms with van der Waals surface area (Å²) in [6, 6.07) is 8.34. The van der Waals surface area contributed by atoms with E-state index < -0.39 is 0 Å². The van der Waals surface area contributed by atoms with Gasteiger partial charge in [-0.2, -0.15) is 0 Å². The van der Waals surface area contributed by atoms with E-state index in [0.717, 1.165) is 15.3 Å². The van der Waals surface area contributed by atoms with Gasteiger partial charge in [0.2, 0.25) is 0 Å². The third-order valence-electron chi connectivity index (χ3n) is 1.68. The summed E-state index contributed by atoms with van der Waals surface area (Å²) in [5.41, 5.74) is 0. The summed E-state index contributed by atoms with van der Waals surface area (Å²) in [4.78, 5) is 0. The third-order valence-corrected chi connectivity index (χ3v) is 3.77. The topological polar surface area (TPSA) is 9.23 Å². The van der Waals surface area contributed by atoms with Gasteiger partial charge in [0.05, 0.1) is 6.10 Å². The lowest BCUT2D eigenvalue weighted by molar-refractivity contribution is 0.244. The second-order valence-corrected chi connectivity index (χ2v) is 10.0. The number of halogens is 1. The average Bonchev–Trinajstić information content (AvgIpc) is 2.05. The predicted octanol–water partition coefficient (Wildman–Crippen LogP) is 2.97. The molecule has 1 aromatic carbocycles. The van der Waals surface area contributed by atoms with Gasteiger partial charge in [-0.05, 0) is 25.1 Å². The largest absolute Gasteiger partial charge is 0.491 e. The lowest BCUT2D eigenvalue weighted by Crippen LogP contribution is -2.32. The van der Waals surface area contributed by atoms with Crippen LogP contribution in [0.5, 0.6) is 5.75 Å². The Morgan fingerprint density at radius 2 is 1.87 bits per heavy atom. The fraction of sp³-hybridized carbons (Fsp3) is 0.500. The Balaban J connectivity index is 2.86. The van der Waals surface area contributed by atoms with Crippen LogP contribution in [0.15, 0.2) is 24.3 Å². The lowest BCUT2D eigenvalue weighted by Gasteiger charge is -2.19. The van der Waals surface area contributed by atoms with Crippen molar-refractivity contribution in [3.63, 3.8) is 0 Å². The predicted molar refractivity (Wildman–Crippen MR) is 75.7 cm³/mol. The Labute approximate surface area is 109 Å². The number of hydrogen-bond donors (Lipinski definition) is 0. The van der Waals surface area contributed by atoms with Gasteiger partial charge in [-0.15, -0.1) is 0 Å². The van der Waals surface area contributed by atoms with Crippen LogP contribution in [0.1, 0.15) is 27.7 Å². The maximum atomic E-state index is 5.79. The minimum absolute atomic E-state index is 0.244. The summed E-state index contributed by atoms with van der Waals surface area (Å²) >= 11 is 2.49. The number of para-hydroxylation sites is 1. The van der Waals surface area contributed by atoms with Crippen molar-refractivity contribution in [2.45, 2.75) is 36.8 Å². The zero-order chi connectivity index (χ0) is 11.5. The molecule has 0 atom stereocenters. The van der Waals surface area contributed by atoms with Gasteiger partial charge < -0.3 is 4.74 Å². The van der Waals surface area contributed by atoms with E-state index in [-0.39, 0.29) is 6.10 Å². The molecular formula is C12H17IOSi. The maximum Gasteiger partial charge on any atom is 0.118 e. The van der Waals surface area contributed by atoms with Crippen molar-refractivity contribution in [1.29, 1.82) is 0 Å².